The van der Waals surface area contributed by atoms with Crippen LogP contribution in [0, 0.1) is 11.3 Å². The third-order valence-electron chi connectivity index (χ3n) is 1.86. The number of nitrogen functional groups attached to an aromatic ring is 1. The van der Waals surface area contributed by atoms with Crippen LogP contribution in [0.25, 0.3) is 0 Å². The summed E-state index contributed by atoms with van der Waals surface area (Å²) in [6.07, 6.45) is 0. The van der Waals surface area contributed by atoms with E-state index in [0.717, 1.165) is 0 Å². The maximum absolute atomic E-state index is 8.64. The molecule has 0 aliphatic heterocycles. The Kier molecular flexibility index (Phi) is 5.12. The molecule has 5 nitrogen and oxygen atoms in total. The van der Waals surface area contributed by atoms with Crippen molar-refractivity contribution in [3.8, 4) is 11.8 Å². The lowest BCUT2D eigenvalue weighted by Crippen LogP contribution is -2.09. The van der Waals surface area contributed by atoms with Crippen molar-refractivity contribution in [3.05, 3.63) is 23.8 Å². The molecule has 0 fully saturated rings. The van der Waals surface area contributed by atoms with Gasteiger partial charge in [0.2, 0.25) is 0 Å². The Balaban J connectivity index is 2.40. The zero-order chi connectivity index (χ0) is 11.8. The van der Waals surface area contributed by atoms with Crippen LogP contribution in [0.1, 0.15) is 5.56 Å². The summed E-state index contributed by atoms with van der Waals surface area (Å²) in [5.41, 5.74) is 6.61. The molecule has 0 spiro atoms. The topological polar surface area (TPSA) is 88.5 Å². The van der Waals surface area contributed by atoms with E-state index in [1.54, 1.807) is 18.2 Å². The number of aliphatic hydroxyl groups excluding tert-OH is 1. The number of benzene rings is 1. The minimum absolute atomic E-state index is 0.000987. The summed E-state index contributed by atoms with van der Waals surface area (Å²) in [7, 11) is 0. The van der Waals surface area contributed by atoms with Gasteiger partial charge in [0.25, 0.3) is 0 Å². The first-order valence-electron chi connectivity index (χ1n) is 4.89. The number of hydrogen-bond donors (Lipinski definition) is 2. The number of hydrogen-bond acceptors (Lipinski definition) is 5. The molecule has 0 aliphatic carbocycles. The number of nitriles is 1. The Morgan fingerprint density at radius 1 is 1.31 bits per heavy atom. The molecule has 16 heavy (non-hydrogen) atoms. The molecular formula is C11H14N2O3. The maximum atomic E-state index is 8.64. The van der Waals surface area contributed by atoms with Crippen LogP contribution in [0.5, 0.6) is 5.75 Å². The summed E-state index contributed by atoms with van der Waals surface area (Å²) in [5, 5.41) is 17.1. The molecule has 0 amide bonds. The van der Waals surface area contributed by atoms with Gasteiger partial charge in [0.15, 0.2) is 0 Å². The smallest absolute Gasteiger partial charge is 0.142 e. The molecule has 1 rings (SSSR count). The first-order chi connectivity index (χ1) is 7.77. The molecule has 0 unspecified atom stereocenters. The third kappa shape index (κ3) is 3.77. The van der Waals surface area contributed by atoms with E-state index in [-0.39, 0.29) is 6.61 Å². The number of ether oxygens (including phenoxy) is 2. The van der Waals surface area contributed by atoms with Crippen molar-refractivity contribution < 1.29 is 14.6 Å². The predicted molar refractivity (Wildman–Crippen MR) is 59.0 cm³/mol. The predicted octanol–water partition coefficient (Wildman–Crippen LogP) is 0.528. The SMILES string of the molecule is N#Cc1ccc(OCCOCCO)c(N)c1. The summed E-state index contributed by atoms with van der Waals surface area (Å²) in [4.78, 5) is 0. The number of nitrogens with zero attached hydrogens (tertiary/aromatic N) is 1. The van der Waals surface area contributed by atoms with Crippen LogP contribution in [0.2, 0.25) is 0 Å². The molecule has 86 valence electrons. The minimum atomic E-state index is -0.000987. The van der Waals surface area contributed by atoms with Gasteiger partial charge < -0.3 is 20.3 Å². The van der Waals surface area contributed by atoms with Crippen molar-refractivity contribution in [1.82, 2.24) is 0 Å². The standard InChI is InChI=1S/C11H14N2O3/c12-8-9-1-2-11(10(13)7-9)16-6-5-15-4-3-14/h1-2,7,14H,3-6,13H2. The molecule has 0 radical (unpaired) electrons. The molecule has 0 heterocycles. The van der Waals surface area contributed by atoms with Gasteiger partial charge in [0.05, 0.1) is 37.1 Å². The van der Waals surface area contributed by atoms with E-state index in [0.29, 0.717) is 36.8 Å². The van der Waals surface area contributed by atoms with Crippen LogP contribution >= 0.6 is 0 Å². The Morgan fingerprint density at radius 2 is 2.12 bits per heavy atom. The van der Waals surface area contributed by atoms with Crippen LogP contribution in [0.4, 0.5) is 5.69 Å². The molecule has 5 heteroatoms. The zero-order valence-electron chi connectivity index (χ0n) is 8.85. The average molecular weight is 222 g/mol. The Labute approximate surface area is 94.0 Å². The van der Waals surface area contributed by atoms with Crippen molar-refractivity contribution >= 4 is 5.69 Å². The van der Waals surface area contributed by atoms with E-state index < -0.39 is 0 Å². The van der Waals surface area contributed by atoms with Gasteiger partial charge in [-0.05, 0) is 18.2 Å². The highest BCUT2D eigenvalue weighted by Gasteiger charge is 2.01. The molecule has 0 atom stereocenters. The molecular weight excluding hydrogens is 208 g/mol. The van der Waals surface area contributed by atoms with Gasteiger partial charge in [-0.15, -0.1) is 0 Å². The second kappa shape index (κ2) is 6.67. The first-order valence-corrected chi connectivity index (χ1v) is 4.89. The second-order valence-electron chi connectivity index (χ2n) is 3.05. The number of aliphatic hydroxyl groups is 1. The molecule has 1 aromatic carbocycles. The highest BCUT2D eigenvalue weighted by Crippen LogP contribution is 2.21. The van der Waals surface area contributed by atoms with E-state index in [9.17, 15) is 0 Å². The lowest BCUT2D eigenvalue weighted by atomic mass is 10.2. The molecule has 0 saturated carbocycles. The van der Waals surface area contributed by atoms with Gasteiger partial charge in [-0.3, -0.25) is 0 Å². The highest BCUT2D eigenvalue weighted by molar-refractivity contribution is 5.56. The summed E-state index contributed by atoms with van der Waals surface area (Å²) in [5.74, 6) is 0.534. The average Bonchev–Trinajstić information content (AvgIpc) is 2.30. The second-order valence-corrected chi connectivity index (χ2v) is 3.05. The van der Waals surface area contributed by atoms with Gasteiger partial charge in [0.1, 0.15) is 12.4 Å². The van der Waals surface area contributed by atoms with Crippen molar-refractivity contribution in [1.29, 1.82) is 5.26 Å². The fraction of sp³-hybridized carbons (Fsp3) is 0.364. The fourth-order valence-electron chi connectivity index (χ4n) is 1.13. The lowest BCUT2D eigenvalue weighted by molar-refractivity contribution is 0.0707. The summed E-state index contributed by atoms with van der Waals surface area (Å²) in [6, 6.07) is 6.84. The maximum Gasteiger partial charge on any atom is 0.142 e. The Morgan fingerprint density at radius 3 is 2.75 bits per heavy atom. The summed E-state index contributed by atoms with van der Waals surface area (Å²) >= 11 is 0. The van der Waals surface area contributed by atoms with Gasteiger partial charge in [-0.1, -0.05) is 0 Å². The number of rotatable bonds is 6. The minimum Gasteiger partial charge on any atom is -0.489 e. The molecule has 0 aromatic heterocycles. The van der Waals surface area contributed by atoms with Crippen molar-refractivity contribution in [3.63, 3.8) is 0 Å². The van der Waals surface area contributed by atoms with Crippen LogP contribution in [-0.2, 0) is 4.74 Å². The van der Waals surface area contributed by atoms with Crippen LogP contribution in [0.3, 0.4) is 0 Å². The molecule has 3 N–H and O–H groups in total. The van der Waals surface area contributed by atoms with Gasteiger partial charge in [0, 0.05) is 0 Å². The lowest BCUT2D eigenvalue weighted by Gasteiger charge is -2.08. The largest absolute Gasteiger partial charge is 0.489 e. The number of nitrogens with two attached hydrogens (primary N) is 1. The van der Waals surface area contributed by atoms with Crippen molar-refractivity contribution in [2.24, 2.45) is 0 Å². The van der Waals surface area contributed by atoms with E-state index in [4.69, 9.17) is 25.6 Å². The van der Waals surface area contributed by atoms with Gasteiger partial charge in [-0.25, -0.2) is 0 Å². The monoisotopic (exact) mass is 222 g/mol. The van der Waals surface area contributed by atoms with E-state index >= 15 is 0 Å². The highest BCUT2D eigenvalue weighted by atomic mass is 16.5. The van der Waals surface area contributed by atoms with Crippen LogP contribution in [-0.4, -0.2) is 31.5 Å². The summed E-state index contributed by atoms with van der Waals surface area (Å²) in [6.45, 7) is 1.04. The van der Waals surface area contributed by atoms with Gasteiger partial charge >= 0.3 is 0 Å². The quantitative estimate of drug-likeness (QED) is 0.541. The zero-order valence-corrected chi connectivity index (χ0v) is 8.85. The van der Waals surface area contributed by atoms with Crippen LogP contribution in [0.15, 0.2) is 18.2 Å². The van der Waals surface area contributed by atoms with E-state index in [1.807, 2.05) is 6.07 Å². The molecule has 0 saturated heterocycles. The van der Waals surface area contributed by atoms with E-state index in [2.05, 4.69) is 0 Å². The third-order valence-corrected chi connectivity index (χ3v) is 1.86. The normalized spacial score (nSPS) is 9.75. The Hall–Kier alpha value is -1.77. The van der Waals surface area contributed by atoms with Crippen molar-refractivity contribution in [2.45, 2.75) is 0 Å². The van der Waals surface area contributed by atoms with Crippen LogP contribution < -0.4 is 10.5 Å². The first kappa shape index (κ1) is 12.3. The van der Waals surface area contributed by atoms with Crippen molar-refractivity contribution in [2.75, 3.05) is 32.2 Å². The number of anilines is 1. The Bertz CT molecular complexity index is 374. The molecule has 0 bridgehead atoms. The van der Waals surface area contributed by atoms with E-state index in [1.165, 1.54) is 0 Å². The summed E-state index contributed by atoms with van der Waals surface area (Å²) < 4.78 is 10.4. The molecule has 1 aromatic rings. The molecule has 0 aliphatic rings. The van der Waals surface area contributed by atoms with Gasteiger partial charge in [-0.2, -0.15) is 5.26 Å². The fourth-order valence-corrected chi connectivity index (χ4v) is 1.13.